The molecule has 172 valence electrons. The number of aryl methyl sites for hydroxylation is 1. The summed E-state index contributed by atoms with van der Waals surface area (Å²) in [6.07, 6.45) is 3.20. The smallest absolute Gasteiger partial charge is 0.263 e. The topological polar surface area (TPSA) is 92.5 Å². The standard InChI is InChI=1S/C25H29N5O2S/c1-14-2-5-19-22(26)23(33-25(19)28-14)24(31)29-17-10-15-3-4-18(11-21(15)32-13-17)30-9-7-16-12-27-8-6-20(16)30/h2-5,11,16-17,20,27H,6-10,12-13,26H2,1H3,(H,29,31)/t16-,17+,20+/m0/s1. The molecule has 33 heavy (non-hydrogen) atoms. The third-order valence-corrected chi connectivity index (χ3v) is 8.39. The molecule has 2 fully saturated rings. The van der Waals surface area contributed by atoms with Gasteiger partial charge in [0.2, 0.25) is 0 Å². The van der Waals surface area contributed by atoms with Gasteiger partial charge in [-0.3, -0.25) is 4.79 Å². The Labute approximate surface area is 197 Å². The third-order valence-electron chi connectivity index (χ3n) is 7.27. The zero-order valence-corrected chi connectivity index (χ0v) is 19.6. The number of hydrogen-bond donors (Lipinski definition) is 3. The van der Waals surface area contributed by atoms with E-state index in [-0.39, 0.29) is 11.9 Å². The monoisotopic (exact) mass is 463 g/mol. The number of piperidine rings is 1. The molecule has 8 heteroatoms. The maximum atomic E-state index is 13.0. The number of aromatic nitrogens is 1. The number of nitrogens with two attached hydrogens (primary N) is 1. The van der Waals surface area contributed by atoms with Crippen molar-refractivity contribution >= 4 is 38.8 Å². The summed E-state index contributed by atoms with van der Waals surface area (Å²) in [5.41, 5.74) is 10.1. The molecular weight excluding hydrogens is 434 g/mol. The van der Waals surface area contributed by atoms with E-state index in [1.54, 1.807) is 0 Å². The van der Waals surface area contributed by atoms with Crippen LogP contribution in [0.2, 0.25) is 0 Å². The molecular formula is C25H29N5O2S. The normalized spacial score (nSPS) is 24.3. The highest BCUT2D eigenvalue weighted by atomic mass is 32.1. The van der Waals surface area contributed by atoms with Crippen molar-refractivity contribution in [3.8, 4) is 5.75 Å². The first-order valence-corrected chi connectivity index (χ1v) is 12.6. The number of carbonyl (C=O) groups is 1. The maximum absolute atomic E-state index is 13.0. The molecule has 3 aromatic rings. The molecule has 3 aliphatic rings. The highest BCUT2D eigenvalue weighted by molar-refractivity contribution is 7.21. The summed E-state index contributed by atoms with van der Waals surface area (Å²) in [7, 11) is 0. The number of nitrogens with zero attached hydrogens (tertiary/aromatic N) is 2. The van der Waals surface area contributed by atoms with Gasteiger partial charge in [-0.1, -0.05) is 6.07 Å². The highest BCUT2D eigenvalue weighted by Crippen LogP contribution is 2.37. The quantitative estimate of drug-likeness (QED) is 0.553. The molecule has 0 saturated carbocycles. The lowest BCUT2D eigenvalue weighted by Gasteiger charge is -2.34. The molecule has 2 aromatic heterocycles. The second-order valence-electron chi connectivity index (χ2n) is 9.43. The first-order chi connectivity index (χ1) is 16.1. The highest BCUT2D eigenvalue weighted by Gasteiger charge is 2.36. The largest absolute Gasteiger partial charge is 0.491 e. The van der Waals surface area contributed by atoms with Gasteiger partial charge in [-0.2, -0.15) is 0 Å². The van der Waals surface area contributed by atoms with E-state index in [1.807, 2.05) is 19.1 Å². The van der Waals surface area contributed by atoms with Gasteiger partial charge in [0.15, 0.2) is 0 Å². The van der Waals surface area contributed by atoms with Gasteiger partial charge in [-0.25, -0.2) is 4.98 Å². The van der Waals surface area contributed by atoms with Gasteiger partial charge in [-0.15, -0.1) is 11.3 Å². The number of nitrogens with one attached hydrogen (secondary N) is 2. The SMILES string of the molecule is Cc1ccc2c(N)c(C(=O)N[C@H]3COc4cc(N5CC[C@H]6CNCC[C@H]65)ccc4C3)sc2n1. The Balaban J connectivity index is 1.16. The number of anilines is 2. The summed E-state index contributed by atoms with van der Waals surface area (Å²) in [4.78, 5) is 21.4. The van der Waals surface area contributed by atoms with E-state index in [0.717, 1.165) is 59.2 Å². The van der Waals surface area contributed by atoms with Gasteiger partial charge in [-0.05, 0) is 69.0 Å². The van der Waals surface area contributed by atoms with Crippen LogP contribution in [0.1, 0.15) is 33.8 Å². The van der Waals surface area contributed by atoms with Gasteiger partial charge in [0.1, 0.15) is 22.1 Å². The van der Waals surface area contributed by atoms with Gasteiger partial charge in [0, 0.05) is 35.4 Å². The van der Waals surface area contributed by atoms with Crippen molar-refractivity contribution in [1.29, 1.82) is 0 Å². The van der Waals surface area contributed by atoms with Crippen molar-refractivity contribution in [3.05, 3.63) is 46.5 Å². The summed E-state index contributed by atoms with van der Waals surface area (Å²) >= 11 is 1.35. The van der Waals surface area contributed by atoms with Crippen LogP contribution in [0, 0.1) is 12.8 Å². The van der Waals surface area contributed by atoms with Crippen molar-refractivity contribution in [1.82, 2.24) is 15.6 Å². The summed E-state index contributed by atoms with van der Waals surface area (Å²) in [6, 6.07) is 11.0. The molecule has 0 bridgehead atoms. The minimum Gasteiger partial charge on any atom is -0.491 e. The second kappa shape index (κ2) is 8.18. The van der Waals surface area contributed by atoms with Crippen LogP contribution in [0.5, 0.6) is 5.75 Å². The van der Waals surface area contributed by atoms with Crippen LogP contribution >= 0.6 is 11.3 Å². The van der Waals surface area contributed by atoms with Gasteiger partial charge in [0.05, 0.1) is 11.7 Å². The Morgan fingerprint density at radius 3 is 3.12 bits per heavy atom. The Morgan fingerprint density at radius 2 is 2.21 bits per heavy atom. The first kappa shape index (κ1) is 20.7. The van der Waals surface area contributed by atoms with Crippen LogP contribution in [-0.2, 0) is 6.42 Å². The number of amides is 1. The number of fused-ring (bicyclic) bond motifs is 3. The molecule has 5 heterocycles. The van der Waals surface area contributed by atoms with Crippen LogP contribution < -0.4 is 26.0 Å². The molecule has 6 rings (SSSR count). The Bertz CT molecular complexity index is 1220. The van der Waals surface area contributed by atoms with E-state index in [4.69, 9.17) is 10.5 Å². The number of hydrogen-bond acceptors (Lipinski definition) is 7. The lowest BCUT2D eigenvalue weighted by Crippen LogP contribution is -2.44. The van der Waals surface area contributed by atoms with Crippen LogP contribution in [0.4, 0.5) is 11.4 Å². The van der Waals surface area contributed by atoms with Crippen molar-refractivity contribution < 1.29 is 9.53 Å². The zero-order chi connectivity index (χ0) is 22.5. The molecule has 0 aliphatic carbocycles. The third kappa shape index (κ3) is 3.71. The van der Waals surface area contributed by atoms with Crippen molar-refractivity contribution in [2.45, 2.75) is 38.3 Å². The molecule has 1 aromatic carbocycles. The van der Waals surface area contributed by atoms with E-state index in [9.17, 15) is 4.79 Å². The van der Waals surface area contributed by atoms with Gasteiger partial charge >= 0.3 is 0 Å². The van der Waals surface area contributed by atoms with Crippen molar-refractivity contribution in [2.24, 2.45) is 5.92 Å². The number of carbonyl (C=O) groups excluding carboxylic acids is 1. The van der Waals surface area contributed by atoms with E-state index < -0.39 is 0 Å². The van der Waals surface area contributed by atoms with Crippen molar-refractivity contribution in [3.63, 3.8) is 0 Å². The Hall–Kier alpha value is -2.84. The average molecular weight is 464 g/mol. The number of pyridine rings is 1. The second-order valence-corrected chi connectivity index (χ2v) is 10.4. The van der Waals surface area contributed by atoms with Crippen LogP contribution in [-0.4, -0.2) is 49.2 Å². The van der Waals surface area contributed by atoms with E-state index >= 15 is 0 Å². The first-order valence-electron chi connectivity index (χ1n) is 11.8. The molecule has 1 amide bonds. The lowest BCUT2D eigenvalue weighted by molar-refractivity contribution is 0.0920. The molecule has 2 saturated heterocycles. The summed E-state index contributed by atoms with van der Waals surface area (Å²) in [5, 5.41) is 7.49. The molecule has 0 unspecified atom stereocenters. The van der Waals surface area contributed by atoms with Crippen molar-refractivity contribution in [2.75, 3.05) is 36.9 Å². The fourth-order valence-corrected chi connectivity index (χ4v) is 6.59. The van der Waals surface area contributed by atoms with Crippen LogP contribution in [0.25, 0.3) is 10.2 Å². The fourth-order valence-electron chi connectivity index (χ4n) is 5.55. The molecule has 0 radical (unpaired) electrons. The minimum atomic E-state index is -0.157. The summed E-state index contributed by atoms with van der Waals surface area (Å²) in [6.45, 7) is 5.73. The predicted molar refractivity (Wildman–Crippen MR) is 132 cm³/mol. The summed E-state index contributed by atoms with van der Waals surface area (Å²) in [5.74, 6) is 1.53. The number of ether oxygens (including phenoxy) is 1. The Morgan fingerprint density at radius 1 is 1.30 bits per heavy atom. The van der Waals surface area contributed by atoms with E-state index in [0.29, 0.717) is 23.2 Å². The molecule has 3 atom stereocenters. The van der Waals surface area contributed by atoms with Crippen LogP contribution in [0.15, 0.2) is 30.3 Å². The molecule has 7 nitrogen and oxygen atoms in total. The lowest BCUT2D eigenvalue weighted by atomic mass is 9.94. The van der Waals surface area contributed by atoms with E-state index in [2.05, 4.69) is 38.7 Å². The predicted octanol–water partition coefficient (Wildman–Crippen LogP) is 3.11. The zero-order valence-electron chi connectivity index (χ0n) is 18.8. The fraction of sp³-hybridized carbons (Fsp3) is 0.440. The average Bonchev–Trinajstić information content (AvgIpc) is 3.40. The Kier molecular flexibility index (Phi) is 5.14. The van der Waals surface area contributed by atoms with Gasteiger partial charge in [0.25, 0.3) is 5.91 Å². The van der Waals surface area contributed by atoms with Crippen LogP contribution in [0.3, 0.4) is 0 Å². The number of thiophene rings is 1. The summed E-state index contributed by atoms with van der Waals surface area (Å²) < 4.78 is 6.12. The number of benzene rings is 1. The molecule has 3 aliphatic heterocycles. The number of nitrogen functional groups attached to an aromatic ring is 1. The van der Waals surface area contributed by atoms with Gasteiger partial charge < -0.3 is 26.0 Å². The van der Waals surface area contributed by atoms with E-state index in [1.165, 1.54) is 29.9 Å². The maximum Gasteiger partial charge on any atom is 0.263 e. The number of rotatable bonds is 3. The minimum absolute atomic E-state index is 0.0873. The molecule has 0 spiro atoms. The molecule has 4 N–H and O–H groups in total.